The third-order valence-corrected chi connectivity index (χ3v) is 2.07. The zero-order valence-corrected chi connectivity index (χ0v) is 9.87. The fourth-order valence-corrected chi connectivity index (χ4v) is 1.34. The Kier molecular flexibility index (Phi) is 6.56. The van der Waals surface area contributed by atoms with Gasteiger partial charge in [0.25, 0.3) is 0 Å². The number of rotatable bonds is 5. The highest BCUT2D eigenvalue weighted by Gasteiger charge is 2.02. The highest BCUT2D eigenvalue weighted by molar-refractivity contribution is 6.29. The molecule has 0 saturated carbocycles. The van der Waals surface area contributed by atoms with Crippen LogP contribution in [0.5, 0.6) is 0 Å². The van der Waals surface area contributed by atoms with E-state index in [0.717, 1.165) is 11.5 Å². The van der Waals surface area contributed by atoms with Gasteiger partial charge in [-0.05, 0) is 31.8 Å². The molecular weight excluding hydrogens is 199 g/mol. The summed E-state index contributed by atoms with van der Waals surface area (Å²) in [7, 11) is 0. The summed E-state index contributed by atoms with van der Waals surface area (Å²) in [5.41, 5.74) is 1.17. The topological polar surface area (TPSA) is 0 Å². The van der Waals surface area contributed by atoms with Crippen LogP contribution in [-0.2, 0) is 0 Å². The van der Waals surface area contributed by atoms with Crippen LogP contribution in [-0.4, -0.2) is 0 Å². The number of halogens is 2. The quantitative estimate of drug-likeness (QED) is 0.569. The van der Waals surface area contributed by atoms with Crippen molar-refractivity contribution < 1.29 is 4.39 Å². The molecule has 0 heterocycles. The van der Waals surface area contributed by atoms with E-state index in [9.17, 15) is 4.39 Å². The Morgan fingerprint density at radius 3 is 2.43 bits per heavy atom. The van der Waals surface area contributed by atoms with Gasteiger partial charge in [0.05, 0.1) is 0 Å². The molecule has 0 aromatic heterocycles. The summed E-state index contributed by atoms with van der Waals surface area (Å²) in [4.78, 5) is 0. The summed E-state index contributed by atoms with van der Waals surface area (Å²) in [5.74, 6) is 0.154. The average molecular weight is 217 g/mol. The number of hydrogen-bond acceptors (Lipinski definition) is 0. The van der Waals surface area contributed by atoms with Crippen LogP contribution >= 0.6 is 11.6 Å². The van der Waals surface area contributed by atoms with E-state index in [1.165, 1.54) is 11.6 Å². The Balaban J connectivity index is 4.27. The van der Waals surface area contributed by atoms with E-state index < -0.39 is 5.83 Å². The molecule has 0 aromatic carbocycles. The van der Waals surface area contributed by atoms with Crippen molar-refractivity contribution >= 4 is 11.6 Å². The smallest absolute Gasteiger partial charge is 0.115 e. The van der Waals surface area contributed by atoms with E-state index in [1.807, 2.05) is 6.92 Å². The maximum absolute atomic E-state index is 12.3. The van der Waals surface area contributed by atoms with E-state index in [4.69, 9.17) is 11.6 Å². The lowest BCUT2D eigenvalue weighted by molar-refractivity contribution is 0.632. The van der Waals surface area contributed by atoms with Gasteiger partial charge in [-0.1, -0.05) is 43.7 Å². The van der Waals surface area contributed by atoms with Crippen LogP contribution in [0, 0.1) is 5.92 Å². The van der Waals surface area contributed by atoms with E-state index in [0.29, 0.717) is 12.3 Å². The molecule has 0 N–H and O–H groups in total. The molecule has 0 unspecified atom stereocenters. The van der Waals surface area contributed by atoms with Crippen LogP contribution in [0.4, 0.5) is 4.39 Å². The first kappa shape index (κ1) is 13.4. The van der Waals surface area contributed by atoms with E-state index in [2.05, 4.69) is 20.4 Å². The zero-order valence-electron chi connectivity index (χ0n) is 9.11. The van der Waals surface area contributed by atoms with Gasteiger partial charge in [-0.2, -0.15) is 0 Å². The molecule has 80 valence electrons. The standard InChI is InChI=1S/C12H18ClF/c1-9(2)8-12(11(4)13)7-5-6-10(3)14/h5-6,9H,3,7-8H2,1-2,4H3. The predicted molar refractivity (Wildman–Crippen MR) is 62.0 cm³/mol. The summed E-state index contributed by atoms with van der Waals surface area (Å²) in [6.45, 7) is 9.30. The first-order valence-corrected chi connectivity index (χ1v) is 5.16. The molecule has 0 atom stereocenters. The molecule has 0 amide bonds. The molecule has 0 rings (SSSR count). The van der Waals surface area contributed by atoms with Gasteiger partial charge >= 0.3 is 0 Å². The zero-order chi connectivity index (χ0) is 11.1. The summed E-state index contributed by atoms with van der Waals surface area (Å²) >= 11 is 5.93. The molecule has 0 aliphatic carbocycles. The third kappa shape index (κ3) is 6.90. The summed E-state index contributed by atoms with van der Waals surface area (Å²) in [6.07, 6.45) is 4.79. The van der Waals surface area contributed by atoms with Crippen LogP contribution in [0.2, 0.25) is 0 Å². The Bertz CT molecular complexity index is 245. The van der Waals surface area contributed by atoms with Crippen molar-refractivity contribution in [2.24, 2.45) is 5.92 Å². The first-order chi connectivity index (χ1) is 6.43. The summed E-state index contributed by atoms with van der Waals surface area (Å²) < 4.78 is 12.3. The molecule has 2 heteroatoms. The van der Waals surface area contributed by atoms with Crippen LogP contribution in [0.1, 0.15) is 33.6 Å². The molecule has 0 nitrogen and oxygen atoms in total. The fourth-order valence-electron chi connectivity index (χ4n) is 1.19. The van der Waals surface area contributed by atoms with E-state index in [1.54, 1.807) is 6.08 Å². The van der Waals surface area contributed by atoms with Crippen molar-refractivity contribution in [3.63, 3.8) is 0 Å². The Morgan fingerprint density at radius 2 is 2.07 bits per heavy atom. The molecule has 0 spiro atoms. The van der Waals surface area contributed by atoms with Gasteiger partial charge in [-0.25, -0.2) is 4.39 Å². The number of hydrogen-bond donors (Lipinski definition) is 0. The summed E-state index contributed by atoms with van der Waals surface area (Å²) in [6, 6.07) is 0. The van der Waals surface area contributed by atoms with Gasteiger partial charge < -0.3 is 0 Å². The molecule has 14 heavy (non-hydrogen) atoms. The van der Waals surface area contributed by atoms with Gasteiger partial charge in [0.2, 0.25) is 0 Å². The van der Waals surface area contributed by atoms with Gasteiger partial charge in [0.15, 0.2) is 0 Å². The van der Waals surface area contributed by atoms with Crippen molar-refractivity contribution in [2.45, 2.75) is 33.6 Å². The molecule has 0 saturated heterocycles. The molecule has 0 aliphatic heterocycles. The minimum atomic E-state index is -0.416. The van der Waals surface area contributed by atoms with Crippen molar-refractivity contribution in [3.8, 4) is 0 Å². The second-order valence-electron chi connectivity index (χ2n) is 3.79. The van der Waals surface area contributed by atoms with E-state index >= 15 is 0 Å². The average Bonchev–Trinajstić information content (AvgIpc) is 2.00. The lowest BCUT2D eigenvalue weighted by Gasteiger charge is -2.08. The predicted octanol–water partition coefficient (Wildman–Crippen LogP) is 4.97. The molecular formula is C12H18ClF. The van der Waals surface area contributed by atoms with Gasteiger partial charge in [0.1, 0.15) is 5.83 Å². The fraction of sp³-hybridized carbons (Fsp3) is 0.500. The highest BCUT2D eigenvalue weighted by Crippen LogP contribution is 2.21. The largest absolute Gasteiger partial charge is 0.208 e. The molecule has 0 fully saturated rings. The monoisotopic (exact) mass is 216 g/mol. The first-order valence-electron chi connectivity index (χ1n) is 4.78. The molecule has 0 radical (unpaired) electrons. The maximum atomic E-state index is 12.3. The van der Waals surface area contributed by atoms with Crippen LogP contribution in [0.25, 0.3) is 0 Å². The normalized spacial score (nSPS) is 13.6. The second kappa shape index (κ2) is 6.83. The minimum absolute atomic E-state index is 0.416. The van der Waals surface area contributed by atoms with Crippen LogP contribution in [0.15, 0.2) is 35.2 Å². The summed E-state index contributed by atoms with van der Waals surface area (Å²) in [5, 5.41) is 0.813. The lowest BCUT2D eigenvalue weighted by Crippen LogP contribution is -1.92. The van der Waals surface area contributed by atoms with Crippen LogP contribution in [0.3, 0.4) is 0 Å². The maximum Gasteiger partial charge on any atom is 0.115 e. The van der Waals surface area contributed by atoms with Crippen molar-refractivity contribution in [3.05, 3.63) is 35.2 Å². The number of allylic oxidation sites excluding steroid dienone is 5. The highest BCUT2D eigenvalue weighted by atomic mass is 35.5. The molecule has 0 bridgehead atoms. The van der Waals surface area contributed by atoms with Crippen molar-refractivity contribution in [1.29, 1.82) is 0 Å². The molecule has 0 aliphatic rings. The van der Waals surface area contributed by atoms with Gasteiger partial charge in [-0.15, -0.1) is 0 Å². The van der Waals surface area contributed by atoms with Gasteiger partial charge in [-0.3, -0.25) is 0 Å². The Labute approximate surface area is 91.2 Å². The second-order valence-corrected chi connectivity index (χ2v) is 4.36. The van der Waals surface area contributed by atoms with E-state index in [-0.39, 0.29) is 0 Å². The van der Waals surface area contributed by atoms with Crippen LogP contribution < -0.4 is 0 Å². The van der Waals surface area contributed by atoms with Gasteiger partial charge in [0, 0.05) is 5.03 Å². The SMILES string of the molecule is C=C(F)C=CCC(CC(C)C)=C(C)Cl. The Hall–Kier alpha value is -0.560. The van der Waals surface area contributed by atoms with Crippen molar-refractivity contribution in [2.75, 3.05) is 0 Å². The minimum Gasteiger partial charge on any atom is -0.208 e. The third-order valence-electron chi connectivity index (χ3n) is 1.80. The lowest BCUT2D eigenvalue weighted by atomic mass is 10.00. The molecule has 0 aromatic rings. The van der Waals surface area contributed by atoms with Crippen molar-refractivity contribution in [1.82, 2.24) is 0 Å². The Morgan fingerprint density at radius 1 is 1.50 bits per heavy atom.